The van der Waals surface area contributed by atoms with E-state index in [9.17, 15) is 0 Å². The number of nitrogens with one attached hydrogen (secondary N) is 1. The molecule has 0 bridgehead atoms. The van der Waals surface area contributed by atoms with Crippen molar-refractivity contribution in [3.8, 4) is 0 Å². The van der Waals surface area contributed by atoms with Crippen LogP contribution in [0.1, 0.15) is 25.3 Å². The summed E-state index contributed by atoms with van der Waals surface area (Å²) in [5.41, 5.74) is 1.13. The van der Waals surface area contributed by atoms with Crippen LogP contribution in [-0.4, -0.2) is 21.6 Å². The van der Waals surface area contributed by atoms with Crippen LogP contribution in [0.2, 0.25) is 0 Å². The Hall–Kier alpha value is -0.640. The van der Waals surface area contributed by atoms with Crippen molar-refractivity contribution in [1.29, 1.82) is 0 Å². The lowest BCUT2D eigenvalue weighted by atomic mass is 10.2. The molecule has 1 aromatic heterocycles. The number of aryl methyl sites for hydroxylation is 1. The Morgan fingerprint density at radius 2 is 2.36 bits per heavy atom. The van der Waals surface area contributed by atoms with Crippen molar-refractivity contribution >= 4 is 21.7 Å². The summed E-state index contributed by atoms with van der Waals surface area (Å²) >= 11 is 3.59. The Morgan fingerprint density at radius 3 is 3.00 bits per heavy atom. The van der Waals surface area contributed by atoms with Crippen LogP contribution in [0.4, 0.5) is 5.82 Å². The van der Waals surface area contributed by atoms with Crippen molar-refractivity contribution in [1.82, 2.24) is 10.2 Å². The Bertz CT molecular complexity index is 278. The van der Waals surface area contributed by atoms with E-state index in [1.807, 2.05) is 13.0 Å². The Balaban J connectivity index is 2.31. The van der Waals surface area contributed by atoms with Gasteiger partial charge in [-0.1, -0.05) is 22.9 Å². The average Bonchev–Trinajstić information content (AvgIpc) is 2.17. The van der Waals surface area contributed by atoms with Crippen LogP contribution in [0.5, 0.6) is 0 Å². The van der Waals surface area contributed by atoms with Gasteiger partial charge in [0.15, 0.2) is 0 Å². The molecule has 78 valence electrons. The molecule has 0 fully saturated rings. The molecular weight excluding hydrogens is 242 g/mol. The molecule has 0 saturated heterocycles. The van der Waals surface area contributed by atoms with E-state index in [-0.39, 0.29) is 0 Å². The Morgan fingerprint density at radius 1 is 1.57 bits per heavy atom. The van der Waals surface area contributed by atoms with Crippen LogP contribution < -0.4 is 5.32 Å². The van der Waals surface area contributed by atoms with Gasteiger partial charge in [0.2, 0.25) is 0 Å². The van der Waals surface area contributed by atoms with Gasteiger partial charge in [0.1, 0.15) is 5.82 Å². The summed E-state index contributed by atoms with van der Waals surface area (Å²) in [5, 5.41) is 11.1. The normalized spacial score (nSPS) is 12.5. The minimum absolute atomic E-state index is 0.591. The number of hydrogen-bond acceptors (Lipinski definition) is 3. The maximum atomic E-state index is 3.99. The second-order valence-electron chi connectivity index (χ2n) is 3.34. The lowest BCUT2D eigenvalue weighted by Gasteiger charge is -2.08. The largest absolute Gasteiger partial charge is 0.369 e. The molecule has 1 unspecified atom stereocenters. The number of halogens is 1. The van der Waals surface area contributed by atoms with Gasteiger partial charge in [-0.3, -0.25) is 0 Å². The van der Waals surface area contributed by atoms with E-state index in [1.165, 1.54) is 0 Å². The molecule has 0 aliphatic carbocycles. The molecule has 1 heterocycles. The van der Waals surface area contributed by atoms with Gasteiger partial charge in [-0.2, -0.15) is 5.10 Å². The molecule has 1 aromatic rings. The third-order valence-electron chi connectivity index (χ3n) is 2.00. The summed E-state index contributed by atoms with van der Waals surface area (Å²) in [6.45, 7) is 5.12. The molecule has 0 amide bonds. The van der Waals surface area contributed by atoms with Gasteiger partial charge in [-0.15, -0.1) is 5.10 Å². The molecule has 1 N–H and O–H groups in total. The highest BCUT2D eigenvalue weighted by molar-refractivity contribution is 9.09. The Kier molecular flexibility index (Phi) is 4.87. The highest BCUT2D eigenvalue weighted by Gasteiger charge is 2.00. The molecule has 1 atom stereocenters. The average molecular weight is 258 g/mol. The summed E-state index contributed by atoms with van der Waals surface area (Å²) in [7, 11) is 0. The summed E-state index contributed by atoms with van der Waals surface area (Å²) < 4.78 is 0. The molecule has 0 aliphatic heterocycles. The lowest BCUT2D eigenvalue weighted by Crippen LogP contribution is -2.09. The summed E-state index contributed by atoms with van der Waals surface area (Å²) in [6, 6.07) is 2.00. The summed E-state index contributed by atoms with van der Waals surface area (Å²) in [5.74, 6) is 0.862. The molecule has 0 radical (unpaired) electrons. The fourth-order valence-electron chi connectivity index (χ4n) is 1.11. The zero-order valence-corrected chi connectivity index (χ0v) is 10.2. The molecule has 3 nitrogen and oxygen atoms in total. The standard InChI is InChI=1S/C10H16BrN3/c1-3-9(11)4-5-12-10-6-8(2)7-13-14-10/h6-7,9H,3-5H2,1-2H3,(H,12,14). The third-order valence-corrected chi connectivity index (χ3v) is 3.10. The highest BCUT2D eigenvalue weighted by atomic mass is 79.9. The van der Waals surface area contributed by atoms with Crippen molar-refractivity contribution in [2.24, 2.45) is 0 Å². The van der Waals surface area contributed by atoms with E-state index >= 15 is 0 Å². The van der Waals surface area contributed by atoms with Crippen LogP contribution in [-0.2, 0) is 0 Å². The second-order valence-corrected chi connectivity index (χ2v) is 4.63. The van der Waals surface area contributed by atoms with E-state index in [0.717, 1.165) is 30.8 Å². The number of anilines is 1. The lowest BCUT2D eigenvalue weighted by molar-refractivity contribution is 0.771. The van der Waals surface area contributed by atoms with E-state index < -0.39 is 0 Å². The van der Waals surface area contributed by atoms with Crippen molar-refractivity contribution < 1.29 is 0 Å². The Labute approximate surface area is 93.4 Å². The van der Waals surface area contributed by atoms with Gasteiger partial charge < -0.3 is 5.32 Å². The number of alkyl halides is 1. The van der Waals surface area contributed by atoms with Crippen molar-refractivity contribution in [3.63, 3.8) is 0 Å². The monoisotopic (exact) mass is 257 g/mol. The molecule has 0 aromatic carbocycles. The predicted molar refractivity (Wildman–Crippen MR) is 62.9 cm³/mol. The van der Waals surface area contributed by atoms with Gasteiger partial charge in [0.05, 0.1) is 6.20 Å². The number of rotatable bonds is 5. The quantitative estimate of drug-likeness (QED) is 0.825. The highest BCUT2D eigenvalue weighted by Crippen LogP contribution is 2.10. The zero-order chi connectivity index (χ0) is 10.4. The fraction of sp³-hybridized carbons (Fsp3) is 0.600. The molecular formula is C10H16BrN3. The maximum absolute atomic E-state index is 3.99. The van der Waals surface area contributed by atoms with Gasteiger partial charge in [-0.25, -0.2) is 0 Å². The molecule has 0 aliphatic rings. The molecule has 1 rings (SSSR count). The zero-order valence-electron chi connectivity index (χ0n) is 8.63. The first kappa shape index (κ1) is 11.4. The van der Waals surface area contributed by atoms with E-state index in [0.29, 0.717) is 4.83 Å². The van der Waals surface area contributed by atoms with Gasteiger partial charge in [0, 0.05) is 11.4 Å². The first-order valence-corrected chi connectivity index (χ1v) is 5.81. The third kappa shape index (κ3) is 4.05. The van der Waals surface area contributed by atoms with Crippen LogP contribution in [0.25, 0.3) is 0 Å². The van der Waals surface area contributed by atoms with Gasteiger partial charge in [0.25, 0.3) is 0 Å². The van der Waals surface area contributed by atoms with Crippen molar-refractivity contribution in [3.05, 3.63) is 17.8 Å². The van der Waals surface area contributed by atoms with Crippen molar-refractivity contribution in [2.75, 3.05) is 11.9 Å². The maximum Gasteiger partial charge on any atom is 0.148 e. The van der Waals surface area contributed by atoms with Crippen molar-refractivity contribution in [2.45, 2.75) is 31.5 Å². The summed E-state index contributed by atoms with van der Waals surface area (Å²) in [6.07, 6.45) is 4.01. The first-order valence-electron chi connectivity index (χ1n) is 4.89. The van der Waals surface area contributed by atoms with Crippen LogP contribution in [0, 0.1) is 6.92 Å². The van der Waals surface area contributed by atoms with Gasteiger partial charge >= 0.3 is 0 Å². The SMILES string of the molecule is CCC(Br)CCNc1cc(C)cnn1. The predicted octanol–water partition coefficient (Wildman–Crippen LogP) is 2.76. The fourth-order valence-corrected chi connectivity index (χ4v) is 1.34. The van der Waals surface area contributed by atoms with Gasteiger partial charge in [-0.05, 0) is 31.4 Å². The van der Waals surface area contributed by atoms with Crippen LogP contribution in [0.3, 0.4) is 0 Å². The number of hydrogen-bond donors (Lipinski definition) is 1. The van der Waals surface area contributed by atoms with E-state index in [2.05, 4.69) is 38.4 Å². The minimum atomic E-state index is 0.591. The van der Waals surface area contributed by atoms with E-state index in [1.54, 1.807) is 6.20 Å². The number of nitrogens with zero attached hydrogens (tertiary/aromatic N) is 2. The first-order chi connectivity index (χ1) is 6.72. The molecule has 14 heavy (non-hydrogen) atoms. The van der Waals surface area contributed by atoms with Crippen LogP contribution in [0.15, 0.2) is 12.3 Å². The topological polar surface area (TPSA) is 37.8 Å². The smallest absolute Gasteiger partial charge is 0.148 e. The number of aromatic nitrogens is 2. The minimum Gasteiger partial charge on any atom is -0.369 e. The molecule has 4 heteroatoms. The van der Waals surface area contributed by atoms with Crippen LogP contribution >= 0.6 is 15.9 Å². The molecule has 0 saturated carbocycles. The summed E-state index contributed by atoms with van der Waals surface area (Å²) in [4.78, 5) is 0.591. The molecule has 0 spiro atoms. The van der Waals surface area contributed by atoms with E-state index in [4.69, 9.17) is 0 Å². The second kappa shape index (κ2) is 5.96.